The Morgan fingerprint density at radius 1 is 1.55 bits per heavy atom. The number of nitrogens with one attached hydrogen (secondary N) is 1. The standard InChI is InChI=1S/C14H13N3OS2/c15-6-10-11(16)13(12(18)8-3-4-8)20-14(10)17-7-9-2-1-5-19-9/h1-2,5,8,17H,3-4,7,16H2. The van der Waals surface area contributed by atoms with Gasteiger partial charge in [0.05, 0.1) is 17.1 Å². The number of nitrogen functional groups attached to an aromatic ring is 1. The van der Waals surface area contributed by atoms with Gasteiger partial charge in [-0.15, -0.1) is 22.7 Å². The van der Waals surface area contributed by atoms with E-state index >= 15 is 0 Å². The van der Waals surface area contributed by atoms with E-state index in [9.17, 15) is 10.1 Å². The molecular weight excluding hydrogens is 290 g/mol. The zero-order valence-corrected chi connectivity index (χ0v) is 12.3. The molecule has 20 heavy (non-hydrogen) atoms. The van der Waals surface area contributed by atoms with Crippen LogP contribution in [0.3, 0.4) is 0 Å². The minimum Gasteiger partial charge on any atom is -0.396 e. The van der Waals surface area contributed by atoms with E-state index in [-0.39, 0.29) is 11.7 Å². The second-order valence-electron chi connectivity index (χ2n) is 4.73. The smallest absolute Gasteiger partial charge is 0.178 e. The Morgan fingerprint density at radius 3 is 2.95 bits per heavy atom. The zero-order chi connectivity index (χ0) is 14.1. The Bertz CT molecular complexity index is 678. The normalized spacial score (nSPS) is 13.9. The molecule has 3 N–H and O–H groups in total. The van der Waals surface area contributed by atoms with Crippen LogP contribution in [0.4, 0.5) is 10.7 Å². The first kappa shape index (κ1) is 13.2. The van der Waals surface area contributed by atoms with Crippen LogP contribution in [0.5, 0.6) is 0 Å². The lowest BCUT2D eigenvalue weighted by Gasteiger charge is -2.01. The maximum atomic E-state index is 12.1. The highest BCUT2D eigenvalue weighted by atomic mass is 32.1. The molecule has 0 bridgehead atoms. The van der Waals surface area contributed by atoms with Gasteiger partial charge in [-0.1, -0.05) is 6.07 Å². The van der Waals surface area contributed by atoms with E-state index in [0.717, 1.165) is 12.8 Å². The Balaban J connectivity index is 1.84. The summed E-state index contributed by atoms with van der Waals surface area (Å²) in [6, 6.07) is 6.11. The first-order valence-electron chi connectivity index (χ1n) is 6.33. The minimum atomic E-state index is 0.0909. The van der Waals surface area contributed by atoms with Crippen LogP contribution >= 0.6 is 22.7 Å². The van der Waals surface area contributed by atoms with Crippen LogP contribution in [0.15, 0.2) is 17.5 Å². The highest BCUT2D eigenvalue weighted by molar-refractivity contribution is 7.19. The van der Waals surface area contributed by atoms with Gasteiger partial charge in [-0.25, -0.2) is 0 Å². The van der Waals surface area contributed by atoms with Crippen LogP contribution in [0, 0.1) is 17.2 Å². The zero-order valence-electron chi connectivity index (χ0n) is 10.7. The lowest BCUT2D eigenvalue weighted by Crippen LogP contribution is -2.02. The molecule has 6 heteroatoms. The molecule has 1 fully saturated rings. The number of anilines is 2. The Hall–Kier alpha value is -1.84. The fourth-order valence-corrected chi connectivity index (χ4v) is 3.70. The summed E-state index contributed by atoms with van der Waals surface area (Å²) in [5, 5.41) is 15.2. The summed E-state index contributed by atoms with van der Waals surface area (Å²) < 4.78 is 0. The van der Waals surface area contributed by atoms with E-state index < -0.39 is 0 Å². The van der Waals surface area contributed by atoms with Gasteiger partial charge >= 0.3 is 0 Å². The van der Waals surface area contributed by atoms with E-state index in [4.69, 9.17) is 5.73 Å². The van der Waals surface area contributed by atoms with Crippen LogP contribution in [0.1, 0.15) is 33.0 Å². The molecular formula is C14H13N3OS2. The first-order chi connectivity index (χ1) is 9.70. The molecule has 0 amide bonds. The van der Waals surface area contributed by atoms with Crippen LogP contribution in [-0.4, -0.2) is 5.78 Å². The number of nitrogens with two attached hydrogens (primary N) is 1. The maximum Gasteiger partial charge on any atom is 0.178 e. The molecule has 0 aromatic carbocycles. The van der Waals surface area contributed by atoms with Crippen molar-refractivity contribution in [2.75, 3.05) is 11.1 Å². The van der Waals surface area contributed by atoms with Crippen molar-refractivity contribution in [1.29, 1.82) is 5.26 Å². The summed E-state index contributed by atoms with van der Waals surface area (Å²) in [6.07, 6.45) is 1.88. The Kier molecular flexibility index (Phi) is 3.47. The second kappa shape index (κ2) is 5.27. The van der Waals surface area contributed by atoms with Crippen molar-refractivity contribution < 1.29 is 4.79 Å². The van der Waals surface area contributed by atoms with Gasteiger partial charge < -0.3 is 11.1 Å². The summed E-state index contributed by atoms with van der Waals surface area (Å²) >= 11 is 2.95. The molecule has 2 aromatic rings. The minimum absolute atomic E-state index is 0.0909. The molecule has 0 radical (unpaired) electrons. The van der Waals surface area contributed by atoms with Gasteiger partial charge in [0.1, 0.15) is 16.6 Å². The van der Waals surface area contributed by atoms with E-state index in [2.05, 4.69) is 11.4 Å². The van der Waals surface area contributed by atoms with Gasteiger partial charge in [0.25, 0.3) is 0 Å². The highest BCUT2D eigenvalue weighted by Crippen LogP contribution is 2.41. The predicted molar refractivity (Wildman–Crippen MR) is 82.1 cm³/mol. The first-order valence-corrected chi connectivity index (χ1v) is 8.03. The molecule has 0 unspecified atom stereocenters. The van der Waals surface area contributed by atoms with Crippen molar-refractivity contribution in [2.24, 2.45) is 5.92 Å². The van der Waals surface area contributed by atoms with Crippen LogP contribution in [-0.2, 0) is 6.54 Å². The number of rotatable bonds is 5. The number of hydrogen-bond acceptors (Lipinski definition) is 6. The summed E-state index contributed by atoms with van der Waals surface area (Å²) in [6.45, 7) is 0.642. The maximum absolute atomic E-state index is 12.1. The number of nitrogens with zero attached hydrogens (tertiary/aromatic N) is 1. The van der Waals surface area contributed by atoms with E-state index in [1.165, 1.54) is 16.2 Å². The molecule has 1 saturated carbocycles. The molecule has 1 aliphatic carbocycles. The van der Waals surface area contributed by atoms with Crippen molar-refractivity contribution in [2.45, 2.75) is 19.4 Å². The van der Waals surface area contributed by atoms with Gasteiger partial charge in [-0.2, -0.15) is 5.26 Å². The van der Waals surface area contributed by atoms with Crippen molar-refractivity contribution in [3.8, 4) is 6.07 Å². The number of carbonyl (C=O) groups excluding carboxylic acids is 1. The number of Topliss-reactive ketones (excluding diaryl/α,β-unsaturated/α-hetero) is 1. The molecule has 1 aliphatic rings. The van der Waals surface area contributed by atoms with Crippen molar-refractivity contribution in [3.05, 3.63) is 32.8 Å². The van der Waals surface area contributed by atoms with E-state index in [1.807, 2.05) is 17.5 Å². The molecule has 0 spiro atoms. The number of thiophene rings is 2. The fraction of sp³-hybridized carbons (Fsp3) is 0.286. The predicted octanol–water partition coefficient (Wildman–Crippen LogP) is 3.47. The third kappa shape index (κ3) is 2.42. The summed E-state index contributed by atoms with van der Waals surface area (Å²) in [5.41, 5.74) is 6.69. The molecule has 0 atom stereocenters. The van der Waals surface area contributed by atoms with Crippen molar-refractivity contribution in [1.82, 2.24) is 0 Å². The Labute approximate surface area is 124 Å². The van der Waals surface area contributed by atoms with Gasteiger partial charge in [0.15, 0.2) is 5.78 Å². The monoisotopic (exact) mass is 303 g/mol. The number of nitriles is 1. The number of hydrogen-bond donors (Lipinski definition) is 2. The van der Waals surface area contributed by atoms with Gasteiger partial charge in [-0.05, 0) is 24.3 Å². The topological polar surface area (TPSA) is 78.9 Å². The molecule has 0 saturated heterocycles. The average molecular weight is 303 g/mol. The quantitative estimate of drug-likeness (QED) is 0.829. The van der Waals surface area contributed by atoms with Crippen LogP contribution < -0.4 is 11.1 Å². The largest absolute Gasteiger partial charge is 0.396 e. The van der Waals surface area contributed by atoms with Crippen LogP contribution in [0.2, 0.25) is 0 Å². The van der Waals surface area contributed by atoms with Crippen molar-refractivity contribution in [3.63, 3.8) is 0 Å². The lowest BCUT2D eigenvalue weighted by atomic mass is 10.1. The van der Waals surface area contributed by atoms with Gasteiger partial charge in [0.2, 0.25) is 0 Å². The second-order valence-corrected chi connectivity index (χ2v) is 6.79. The van der Waals surface area contributed by atoms with Crippen molar-refractivity contribution >= 4 is 39.1 Å². The SMILES string of the molecule is N#Cc1c(NCc2cccs2)sc(C(=O)C2CC2)c1N. The number of carbonyl (C=O) groups is 1. The summed E-state index contributed by atoms with van der Waals surface area (Å²) in [5.74, 6) is 0.209. The third-order valence-corrected chi connectivity index (χ3v) is 5.29. The molecule has 0 aliphatic heterocycles. The van der Waals surface area contributed by atoms with E-state index in [0.29, 0.717) is 27.7 Å². The Morgan fingerprint density at radius 2 is 2.35 bits per heavy atom. The summed E-state index contributed by atoms with van der Waals surface area (Å²) in [7, 11) is 0. The fourth-order valence-electron chi connectivity index (χ4n) is 1.97. The molecule has 3 rings (SSSR count). The molecule has 4 nitrogen and oxygen atoms in total. The summed E-state index contributed by atoms with van der Waals surface area (Å²) in [4.78, 5) is 13.9. The number of ketones is 1. The molecule has 102 valence electrons. The highest BCUT2D eigenvalue weighted by Gasteiger charge is 2.34. The lowest BCUT2D eigenvalue weighted by molar-refractivity contribution is 0.0972. The average Bonchev–Trinajstić information content (AvgIpc) is 3.07. The van der Waals surface area contributed by atoms with Gasteiger partial charge in [0, 0.05) is 10.8 Å². The van der Waals surface area contributed by atoms with Gasteiger partial charge in [-0.3, -0.25) is 4.79 Å². The third-order valence-electron chi connectivity index (χ3n) is 3.23. The molecule has 2 aromatic heterocycles. The van der Waals surface area contributed by atoms with E-state index in [1.54, 1.807) is 11.3 Å². The van der Waals surface area contributed by atoms with Crippen LogP contribution in [0.25, 0.3) is 0 Å². The molecule has 2 heterocycles.